The molecule has 0 aliphatic heterocycles. The normalized spacial score (nSPS) is 15.4. The molecule has 116 valence electrons. The van der Waals surface area contributed by atoms with Gasteiger partial charge in [0.1, 0.15) is 7.22 Å². The summed E-state index contributed by atoms with van der Waals surface area (Å²) < 4.78 is 0. The lowest BCUT2D eigenvalue weighted by molar-refractivity contribution is 0.0994. The van der Waals surface area contributed by atoms with Crippen molar-refractivity contribution < 1.29 is 4.79 Å². The van der Waals surface area contributed by atoms with E-state index in [0.29, 0.717) is 12.2 Å². The van der Waals surface area contributed by atoms with Crippen molar-refractivity contribution in [3.8, 4) is 0 Å². The summed E-state index contributed by atoms with van der Waals surface area (Å²) in [6.45, 7) is 14.4. The van der Waals surface area contributed by atoms with E-state index in [1.807, 2.05) is 0 Å². The van der Waals surface area contributed by atoms with Gasteiger partial charge in [0.2, 0.25) is 0 Å². The minimum Gasteiger partial charge on any atom is -0.294 e. The molecule has 0 fully saturated rings. The third-order valence-electron chi connectivity index (χ3n) is 5.00. The largest absolute Gasteiger partial charge is 0.294 e. The summed E-state index contributed by atoms with van der Waals surface area (Å²) in [5, 5.41) is 0. The highest BCUT2D eigenvalue weighted by molar-refractivity contribution is 8.29. The van der Waals surface area contributed by atoms with Gasteiger partial charge in [-0.2, -0.15) is 11.2 Å². The zero-order chi connectivity index (χ0) is 15.8. The molecule has 1 nitrogen and oxygen atoms in total. The Morgan fingerprint density at radius 2 is 1.52 bits per heavy atom. The maximum atomic E-state index is 11.8. The number of fused-ring (bicyclic) bond motifs is 1. The number of carbonyl (C=O) groups excluding carboxylic acids is 1. The summed E-state index contributed by atoms with van der Waals surface area (Å²) in [6.07, 6.45) is 1.63. The molecule has 0 saturated heterocycles. The second-order valence-electron chi connectivity index (χ2n) is 7.16. The molecule has 0 N–H and O–H groups in total. The topological polar surface area (TPSA) is 17.1 Å². The number of aryl methyl sites for hydroxylation is 1. The van der Waals surface area contributed by atoms with E-state index in [1.54, 1.807) is 0 Å². The van der Waals surface area contributed by atoms with Crippen molar-refractivity contribution in [1.29, 1.82) is 0 Å². The lowest BCUT2D eigenvalue weighted by Crippen LogP contribution is -2.40. The summed E-state index contributed by atoms with van der Waals surface area (Å²) in [7, 11) is -1.49. The molecule has 0 bridgehead atoms. The zero-order valence-electron chi connectivity index (χ0n) is 14.2. The molecule has 2 rings (SSSR count). The lowest BCUT2D eigenvalue weighted by Gasteiger charge is -2.42. The molecule has 1 aliphatic carbocycles. The first-order valence-corrected chi connectivity index (χ1v) is 11.9. The highest BCUT2D eigenvalue weighted by Crippen LogP contribution is 2.52. The van der Waals surface area contributed by atoms with Crippen LogP contribution in [0.1, 0.15) is 63.9 Å². The number of hydrogen-bond donors (Lipinski definition) is 0. The molecular weight excluding hydrogens is 292 g/mol. The Labute approximate surface area is 134 Å². The van der Waals surface area contributed by atoms with Crippen LogP contribution in [-0.2, 0) is 6.42 Å². The molecule has 0 unspecified atom stereocenters. The highest BCUT2D eigenvalue weighted by atomic mass is 32.4. The summed E-state index contributed by atoms with van der Waals surface area (Å²) in [6, 6.07) is 6.54. The molecule has 0 saturated carbocycles. The predicted molar refractivity (Wildman–Crippen MR) is 96.0 cm³/mol. The fourth-order valence-corrected chi connectivity index (χ4v) is 13.2. The van der Waals surface area contributed by atoms with Gasteiger partial charge in [-0.3, -0.25) is 4.79 Å². The molecule has 3 heteroatoms. The van der Waals surface area contributed by atoms with E-state index in [-0.39, 0.29) is 0 Å². The Morgan fingerprint density at radius 1 is 0.952 bits per heavy atom. The number of rotatable bonds is 5. The molecule has 1 aromatic rings. The number of hydrogen-bond acceptors (Lipinski definition) is 2. The first-order chi connectivity index (χ1) is 9.79. The van der Waals surface area contributed by atoms with Crippen molar-refractivity contribution >= 4 is 24.2 Å². The Morgan fingerprint density at radius 3 is 2.05 bits per heavy atom. The smallest absolute Gasteiger partial charge is 0.163 e. The van der Waals surface area contributed by atoms with Crippen LogP contribution < -0.4 is 0 Å². The molecule has 0 atom stereocenters. The second kappa shape index (κ2) is 6.29. The van der Waals surface area contributed by atoms with Gasteiger partial charge in [-0.15, -0.1) is 0 Å². The first-order valence-electron chi connectivity index (χ1n) is 8.14. The maximum Gasteiger partial charge on any atom is 0.163 e. The molecule has 0 heterocycles. The van der Waals surface area contributed by atoms with E-state index in [1.165, 1.54) is 10.5 Å². The minimum atomic E-state index is -1.49. The highest BCUT2D eigenvalue weighted by Gasteiger charge is 2.44. The number of carbonyl (C=O) groups is 1. The maximum absolute atomic E-state index is 11.8. The van der Waals surface area contributed by atoms with Gasteiger partial charge >= 0.3 is 0 Å². The van der Waals surface area contributed by atoms with Crippen LogP contribution in [0.5, 0.6) is 0 Å². The molecule has 21 heavy (non-hydrogen) atoms. The van der Waals surface area contributed by atoms with Crippen LogP contribution in [0.25, 0.3) is 0 Å². The summed E-state index contributed by atoms with van der Waals surface area (Å²) in [4.78, 5) is 13.2. The third-order valence-corrected chi connectivity index (χ3v) is 17.3. The van der Waals surface area contributed by atoms with E-state index < -0.39 is 7.22 Å². The number of Topliss-reactive ketones (excluding diaryl/α,β-unsaturated/α-hetero) is 1. The van der Waals surface area contributed by atoms with E-state index in [0.717, 1.165) is 28.6 Å². The lowest BCUT2D eigenvalue weighted by atomic mass is 10.1. The summed E-state index contributed by atoms with van der Waals surface area (Å²) in [5.74, 6) is 0.321. The van der Waals surface area contributed by atoms with Crippen LogP contribution in [0.2, 0.25) is 16.6 Å². The Balaban J connectivity index is 2.36. The monoisotopic (exact) mass is 320 g/mol. The fourth-order valence-electron chi connectivity index (χ4n) is 4.05. The van der Waals surface area contributed by atoms with Crippen molar-refractivity contribution in [2.45, 2.75) is 75.9 Å². The molecule has 0 spiro atoms. The van der Waals surface area contributed by atoms with Gasteiger partial charge in [-0.25, -0.2) is 0 Å². The minimum absolute atomic E-state index is 0.321. The third kappa shape index (κ3) is 3.00. The second-order valence-corrected chi connectivity index (χ2v) is 15.7. The first kappa shape index (κ1) is 16.8. The number of benzene rings is 1. The van der Waals surface area contributed by atoms with Gasteiger partial charge in [-0.1, -0.05) is 47.6 Å². The average molecular weight is 321 g/mol. The van der Waals surface area contributed by atoms with Crippen molar-refractivity contribution in [2.24, 2.45) is 0 Å². The quantitative estimate of drug-likeness (QED) is 0.611. The van der Waals surface area contributed by atoms with Crippen LogP contribution in [0.15, 0.2) is 23.1 Å². The molecular formula is C18H28OSSi. The van der Waals surface area contributed by atoms with Gasteiger partial charge in [0, 0.05) is 16.9 Å². The van der Waals surface area contributed by atoms with Gasteiger partial charge in [0.25, 0.3) is 0 Å². The predicted octanol–water partition coefficient (Wildman–Crippen LogP) is 6.08. The van der Waals surface area contributed by atoms with E-state index in [2.05, 4.69) is 71.0 Å². The Kier molecular flexibility index (Phi) is 5.04. The van der Waals surface area contributed by atoms with Gasteiger partial charge in [-0.05, 0) is 40.7 Å². The van der Waals surface area contributed by atoms with E-state index in [4.69, 9.17) is 0 Å². The summed E-state index contributed by atoms with van der Waals surface area (Å²) >= 11 is 2.16. The molecule has 1 aromatic carbocycles. The van der Waals surface area contributed by atoms with Crippen molar-refractivity contribution in [3.05, 3.63) is 29.3 Å². The average Bonchev–Trinajstić information content (AvgIpc) is 2.76. The Bertz CT molecular complexity index is 512. The van der Waals surface area contributed by atoms with Crippen molar-refractivity contribution in [1.82, 2.24) is 0 Å². The molecule has 0 radical (unpaired) electrons. The fraction of sp³-hybridized carbons (Fsp3) is 0.611. The van der Waals surface area contributed by atoms with Crippen molar-refractivity contribution in [2.75, 3.05) is 0 Å². The Hall–Kier alpha value is -0.543. The molecule has 1 aliphatic rings. The van der Waals surface area contributed by atoms with Crippen LogP contribution in [0.4, 0.5) is 0 Å². The summed E-state index contributed by atoms with van der Waals surface area (Å²) in [5.41, 5.74) is 4.47. The van der Waals surface area contributed by atoms with Crippen LogP contribution >= 0.6 is 11.2 Å². The van der Waals surface area contributed by atoms with Crippen molar-refractivity contribution in [3.63, 3.8) is 0 Å². The standard InChI is InChI=1S/C18H28OSSi/c1-12(2)21(13(3)4,14(5)6)20-16-8-9-17-15(11-16)7-10-18(17)19/h8-9,11-14H,7,10H2,1-6H3. The van der Waals surface area contributed by atoms with Crippen LogP contribution in [0.3, 0.4) is 0 Å². The zero-order valence-corrected chi connectivity index (χ0v) is 16.0. The SMILES string of the molecule is CC(C)[Si](Sc1ccc2c(c1)CCC2=O)(C(C)C)C(C)C. The van der Waals surface area contributed by atoms with E-state index in [9.17, 15) is 4.79 Å². The van der Waals surface area contributed by atoms with Crippen LogP contribution in [-0.4, -0.2) is 13.0 Å². The molecule has 0 aromatic heterocycles. The van der Waals surface area contributed by atoms with Crippen LogP contribution in [0, 0.1) is 0 Å². The van der Waals surface area contributed by atoms with Gasteiger partial charge in [0.05, 0.1) is 0 Å². The van der Waals surface area contributed by atoms with Gasteiger partial charge in [0.15, 0.2) is 5.78 Å². The molecule has 0 amide bonds. The van der Waals surface area contributed by atoms with E-state index >= 15 is 0 Å². The number of ketones is 1. The van der Waals surface area contributed by atoms with Gasteiger partial charge < -0.3 is 0 Å².